The van der Waals surface area contributed by atoms with Gasteiger partial charge in [0.05, 0.1) is 18.6 Å². The third-order valence-electron chi connectivity index (χ3n) is 6.12. The minimum atomic E-state index is 0.260. The number of nitrogens with zero attached hydrogens (tertiary/aromatic N) is 3. The van der Waals surface area contributed by atoms with Crippen LogP contribution in [-0.4, -0.2) is 54.3 Å². The first-order valence-corrected chi connectivity index (χ1v) is 11.3. The number of allylic oxidation sites excluding steroid dienone is 1. The number of hydrogen-bond acceptors (Lipinski definition) is 6. The molecule has 152 valence electrons. The van der Waals surface area contributed by atoms with Crippen LogP contribution >= 0.6 is 11.3 Å². The van der Waals surface area contributed by atoms with Crippen LogP contribution < -0.4 is 4.74 Å². The maximum absolute atomic E-state index is 6.46. The first-order chi connectivity index (χ1) is 13.7. The molecule has 2 aliphatic carbocycles. The van der Waals surface area contributed by atoms with Gasteiger partial charge in [0, 0.05) is 16.8 Å². The molecular formula is C22H31N3O2S. The number of aryl methyl sites for hydroxylation is 1. The molecule has 0 saturated heterocycles. The predicted molar refractivity (Wildman–Crippen MR) is 114 cm³/mol. The molecule has 1 fully saturated rings. The van der Waals surface area contributed by atoms with Gasteiger partial charge in [0.1, 0.15) is 17.3 Å². The Balaban J connectivity index is 1.52. The van der Waals surface area contributed by atoms with Crippen molar-refractivity contribution in [1.82, 2.24) is 14.9 Å². The summed E-state index contributed by atoms with van der Waals surface area (Å²) in [7, 11) is 4.35. The number of rotatable bonds is 7. The molecule has 1 atom stereocenters. The minimum absolute atomic E-state index is 0.260. The second-order valence-corrected chi connectivity index (χ2v) is 9.24. The molecule has 2 aromatic heterocycles. The lowest BCUT2D eigenvalue weighted by Crippen LogP contribution is -2.35. The molecule has 1 saturated carbocycles. The second kappa shape index (κ2) is 8.89. The number of fused-ring (bicyclic) bond motifs is 3. The quantitative estimate of drug-likeness (QED) is 0.503. The lowest BCUT2D eigenvalue weighted by Gasteiger charge is -2.32. The zero-order chi connectivity index (χ0) is 19.5. The van der Waals surface area contributed by atoms with Gasteiger partial charge in [-0.2, -0.15) is 0 Å². The number of hydrogen-bond donors (Lipinski definition) is 0. The molecule has 6 heteroatoms. The van der Waals surface area contributed by atoms with Crippen LogP contribution in [0.1, 0.15) is 55.4 Å². The van der Waals surface area contributed by atoms with E-state index in [9.17, 15) is 0 Å². The summed E-state index contributed by atoms with van der Waals surface area (Å²) in [4.78, 5) is 13.9. The Hall–Kier alpha value is -1.50. The molecule has 0 radical (unpaired) electrons. The number of ether oxygens (including phenoxy) is 2. The smallest absolute Gasteiger partial charge is 0.225 e. The van der Waals surface area contributed by atoms with Crippen molar-refractivity contribution < 1.29 is 9.47 Å². The van der Waals surface area contributed by atoms with Crippen LogP contribution in [-0.2, 0) is 11.2 Å². The van der Waals surface area contributed by atoms with Gasteiger partial charge in [-0.3, -0.25) is 0 Å². The Kier molecular flexibility index (Phi) is 6.28. The van der Waals surface area contributed by atoms with Gasteiger partial charge in [-0.1, -0.05) is 12.2 Å². The molecule has 5 nitrogen and oxygen atoms in total. The minimum Gasteiger partial charge on any atom is -0.474 e. The largest absolute Gasteiger partial charge is 0.474 e. The van der Waals surface area contributed by atoms with Crippen molar-refractivity contribution in [3.05, 3.63) is 28.9 Å². The fraction of sp³-hybridized carbons (Fsp3) is 0.636. The molecule has 2 heterocycles. The van der Waals surface area contributed by atoms with Gasteiger partial charge >= 0.3 is 0 Å². The molecule has 0 bridgehead atoms. The molecule has 2 aromatic rings. The Bertz CT molecular complexity index is 825. The van der Waals surface area contributed by atoms with Crippen molar-refractivity contribution in [2.45, 2.75) is 63.5 Å². The average Bonchev–Trinajstić information content (AvgIpc) is 3.25. The Morgan fingerprint density at radius 1 is 1.18 bits per heavy atom. The van der Waals surface area contributed by atoms with Crippen molar-refractivity contribution >= 4 is 21.6 Å². The molecule has 2 aliphatic rings. The first kappa shape index (κ1) is 19.8. The van der Waals surface area contributed by atoms with Gasteiger partial charge in [-0.15, -0.1) is 11.3 Å². The van der Waals surface area contributed by atoms with Crippen LogP contribution in [0.4, 0.5) is 0 Å². The van der Waals surface area contributed by atoms with E-state index >= 15 is 0 Å². The maximum Gasteiger partial charge on any atom is 0.225 e. The summed E-state index contributed by atoms with van der Waals surface area (Å²) >= 11 is 1.81. The van der Waals surface area contributed by atoms with Crippen LogP contribution in [0.15, 0.2) is 18.5 Å². The highest BCUT2D eigenvalue weighted by atomic mass is 32.1. The Morgan fingerprint density at radius 2 is 2.00 bits per heavy atom. The zero-order valence-corrected chi connectivity index (χ0v) is 18.0. The highest BCUT2D eigenvalue weighted by molar-refractivity contribution is 7.19. The summed E-state index contributed by atoms with van der Waals surface area (Å²) in [6.45, 7) is 3.46. The van der Waals surface area contributed by atoms with Crippen molar-refractivity contribution in [3.63, 3.8) is 0 Å². The van der Waals surface area contributed by atoms with E-state index in [1.165, 1.54) is 23.3 Å². The second-order valence-electron chi connectivity index (χ2n) is 8.15. The summed E-state index contributed by atoms with van der Waals surface area (Å²) in [5.41, 5.74) is 1.39. The summed E-state index contributed by atoms with van der Waals surface area (Å²) in [5.74, 6) is 1.21. The van der Waals surface area contributed by atoms with Crippen molar-refractivity contribution in [2.75, 3.05) is 27.3 Å². The van der Waals surface area contributed by atoms with Crippen LogP contribution in [0.3, 0.4) is 0 Å². The maximum atomic E-state index is 6.46. The van der Waals surface area contributed by atoms with E-state index in [4.69, 9.17) is 9.47 Å². The summed E-state index contributed by atoms with van der Waals surface area (Å²) in [6.07, 6.45) is 12.8. The van der Waals surface area contributed by atoms with E-state index in [1.807, 2.05) is 24.3 Å². The summed E-state index contributed by atoms with van der Waals surface area (Å²) < 4.78 is 12.3. The lowest BCUT2D eigenvalue weighted by molar-refractivity contribution is 0.108. The molecule has 0 aromatic carbocycles. The van der Waals surface area contributed by atoms with E-state index in [2.05, 4.69) is 35.0 Å². The van der Waals surface area contributed by atoms with Crippen LogP contribution in [0.25, 0.3) is 10.2 Å². The molecule has 4 rings (SSSR count). The van der Waals surface area contributed by atoms with E-state index in [-0.39, 0.29) is 6.10 Å². The van der Waals surface area contributed by atoms with Crippen molar-refractivity contribution in [1.29, 1.82) is 0 Å². The van der Waals surface area contributed by atoms with E-state index in [1.54, 1.807) is 6.33 Å². The van der Waals surface area contributed by atoms with E-state index in [0.717, 1.165) is 48.4 Å². The fourth-order valence-corrected chi connectivity index (χ4v) is 5.74. The van der Waals surface area contributed by atoms with Crippen LogP contribution in [0.2, 0.25) is 0 Å². The Labute approximate surface area is 171 Å². The van der Waals surface area contributed by atoms with E-state index in [0.29, 0.717) is 18.6 Å². The van der Waals surface area contributed by atoms with Gasteiger partial charge in [0.25, 0.3) is 0 Å². The predicted octanol–water partition coefficient (Wildman–Crippen LogP) is 4.57. The van der Waals surface area contributed by atoms with Crippen LogP contribution in [0, 0.1) is 0 Å². The Morgan fingerprint density at radius 3 is 2.75 bits per heavy atom. The highest BCUT2D eigenvalue weighted by Gasteiger charge is 2.31. The average molecular weight is 402 g/mol. The van der Waals surface area contributed by atoms with Gasteiger partial charge < -0.3 is 14.4 Å². The van der Waals surface area contributed by atoms with Gasteiger partial charge in [-0.05, 0) is 65.1 Å². The fourth-order valence-electron chi connectivity index (χ4n) is 4.51. The van der Waals surface area contributed by atoms with Crippen molar-refractivity contribution in [2.24, 2.45) is 0 Å². The zero-order valence-electron chi connectivity index (χ0n) is 17.2. The molecule has 0 spiro atoms. The topological polar surface area (TPSA) is 47.5 Å². The third kappa shape index (κ3) is 4.09. The first-order valence-electron chi connectivity index (χ1n) is 10.5. The third-order valence-corrected chi connectivity index (χ3v) is 7.29. The normalized spacial score (nSPS) is 25.1. The molecule has 28 heavy (non-hydrogen) atoms. The van der Waals surface area contributed by atoms with E-state index < -0.39 is 0 Å². The van der Waals surface area contributed by atoms with Gasteiger partial charge in [0.15, 0.2) is 0 Å². The molecule has 0 aliphatic heterocycles. The lowest BCUT2D eigenvalue weighted by atomic mass is 9.92. The molecule has 0 amide bonds. The standard InChI is InChI=1S/C22H31N3O2S/c1-4-5-12-26-13-15-6-11-18-19(15)20-21(23-14-24-22(20)28-18)27-17-9-7-16(8-10-17)25(2)3/h4-5,14-17H,6-13H2,1-3H3/b5-4+/t15-,16-,17-/m1/s1. The van der Waals surface area contributed by atoms with Gasteiger partial charge in [-0.25, -0.2) is 9.97 Å². The van der Waals surface area contributed by atoms with Crippen LogP contribution in [0.5, 0.6) is 5.88 Å². The number of aromatic nitrogens is 2. The SMILES string of the molecule is C/C=C/COC[C@H]1CCc2sc3ncnc(O[C@H]4CC[C@H](N(C)C)CC4)c3c21. The monoisotopic (exact) mass is 401 g/mol. The molecular weight excluding hydrogens is 370 g/mol. The van der Waals surface area contributed by atoms with Crippen molar-refractivity contribution in [3.8, 4) is 5.88 Å². The highest BCUT2D eigenvalue weighted by Crippen LogP contribution is 2.46. The molecule has 0 N–H and O–H groups in total. The molecule has 0 unspecified atom stereocenters. The summed E-state index contributed by atoms with van der Waals surface area (Å²) in [5, 5.41) is 1.15. The van der Waals surface area contributed by atoms with Gasteiger partial charge in [0.2, 0.25) is 5.88 Å². The number of thiophene rings is 1. The summed E-state index contributed by atoms with van der Waals surface area (Å²) in [6, 6.07) is 0.675.